The first-order valence-electron chi connectivity index (χ1n) is 10.0. The number of methoxy groups -OCH3 is 1. The van der Waals surface area contributed by atoms with E-state index < -0.39 is 11.6 Å². The van der Waals surface area contributed by atoms with Crippen LogP contribution in [0.4, 0.5) is 10.5 Å². The molecule has 30 heavy (non-hydrogen) atoms. The quantitative estimate of drug-likeness (QED) is 0.663. The van der Waals surface area contributed by atoms with Crippen LogP contribution >= 0.6 is 0 Å². The number of pyridine rings is 1. The molecule has 1 fully saturated rings. The van der Waals surface area contributed by atoms with Crippen molar-refractivity contribution in [1.82, 2.24) is 15.0 Å². The van der Waals surface area contributed by atoms with Crippen molar-refractivity contribution < 1.29 is 14.6 Å². The molecule has 1 aromatic carbocycles. The van der Waals surface area contributed by atoms with Gasteiger partial charge in [0.15, 0.2) is 0 Å². The van der Waals surface area contributed by atoms with E-state index in [0.717, 1.165) is 29.0 Å². The summed E-state index contributed by atoms with van der Waals surface area (Å²) in [7, 11) is 1.58. The van der Waals surface area contributed by atoms with Gasteiger partial charge in [-0.15, -0.1) is 0 Å². The summed E-state index contributed by atoms with van der Waals surface area (Å²) >= 11 is 0. The third-order valence-corrected chi connectivity index (χ3v) is 5.43. The van der Waals surface area contributed by atoms with Gasteiger partial charge < -0.3 is 9.84 Å². The second-order valence-corrected chi connectivity index (χ2v) is 8.74. The minimum absolute atomic E-state index is 0.268. The maximum Gasteiger partial charge on any atom is 0.412 e. The highest BCUT2D eigenvalue weighted by molar-refractivity contribution is 5.95. The molecule has 1 aliphatic rings. The average molecular weight is 406 g/mol. The zero-order valence-corrected chi connectivity index (χ0v) is 17.9. The first-order chi connectivity index (χ1) is 14.2. The van der Waals surface area contributed by atoms with Crippen LogP contribution < -0.4 is 9.64 Å². The van der Waals surface area contributed by atoms with E-state index in [9.17, 15) is 9.90 Å². The number of fused-ring (bicyclic) bond motifs is 1. The van der Waals surface area contributed by atoms with Crippen molar-refractivity contribution in [3.05, 3.63) is 53.7 Å². The Bertz CT molecular complexity index is 1120. The third kappa shape index (κ3) is 3.67. The molecule has 0 bridgehead atoms. The Balaban J connectivity index is 1.74. The maximum atomic E-state index is 11.9. The van der Waals surface area contributed by atoms with Crippen molar-refractivity contribution in [2.45, 2.75) is 51.5 Å². The van der Waals surface area contributed by atoms with Gasteiger partial charge >= 0.3 is 6.09 Å². The summed E-state index contributed by atoms with van der Waals surface area (Å²) in [6.45, 7) is 7.54. The van der Waals surface area contributed by atoms with Crippen LogP contribution in [0.1, 0.15) is 56.2 Å². The highest BCUT2D eigenvalue weighted by Gasteiger charge is 2.43. The zero-order chi connectivity index (χ0) is 21.6. The number of benzene rings is 1. The Hall–Kier alpha value is -3.22. The van der Waals surface area contributed by atoms with Crippen molar-refractivity contribution in [1.29, 1.82) is 0 Å². The second kappa shape index (κ2) is 7.23. The number of rotatable bonds is 4. The van der Waals surface area contributed by atoms with Gasteiger partial charge in [-0.25, -0.2) is 14.8 Å². The van der Waals surface area contributed by atoms with Gasteiger partial charge in [0, 0.05) is 46.4 Å². The number of aryl methyl sites for hydroxylation is 1. The number of nitrogens with zero attached hydrogens (tertiary/aromatic N) is 4. The molecule has 7 heteroatoms. The van der Waals surface area contributed by atoms with Crippen LogP contribution in [-0.4, -0.2) is 38.8 Å². The van der Waals surface area contributed by atoms with Crippen molar-refractivity contribution >= 4 is 22.7 Å². The smallest absolute Gasteiger partial charge is 0.412 e. The van der Waals surface area contributed by atoms with Gasteiger partial charge in [-0.3, -0.25) is 9.88 Å². The molecule has 1 amide bonds. The van der Waals surface area contributed by atoms with Gasteiger partial charge in [-0.1, -0.05) is 0 Å². The minimum Gasteiger partial charge on any atom is -0.496 e. The van der Waals surface area contributed by atoms with Crippen LogP contribution in [0.5, 0.6) is 5.75 Å². The van der Waals surface area contributed by atoms with Gasteiger partial charge in [0.1, 0.15) is 11.6 Å². The Kier molecular flexibility index (Phi) is 4.84. The summed E-state index contributed by atoms with van der Waals surface area (Å²) in [4.78, 5) is 27.1. The molecule has 1 saturated carbocycles. The molecule has 2 aromatic heterocycles. The van der Waals surface area contributed by atoms with Crippen LogP contribution in [0.15, 0.2) is 36.5 Å². The SMILES string of the molecule is COc1cc(N(C(=O)O)C(C)(C)C)cc2nc([C@H]3C[C@@H]3c3nccc(C)n3)ccc12. The standard InChI is InChI=1S/C23H26N4O3/c1-13-8-9-24-21(25-13)17-12-16(17)18-7-6-15-19(26-18)10-14(11-20(15)30-5)27(22(28)29)23(2,3)4/h6-11,16-17H,12H2,1-5H3,(H,28,29)/t16-,17-/m0/s1. The summed E-state index contributed by atoms with van der Waals surface area (Å²) in [6.07, 6.45) is 1.74. The molecule has 0 saturated heterocycles. The fourth-order valence-corrected chi connectivity index (χ4v) is 3.95. The molecule has 0 spiro atoms. The highest BCUT2D eigenvalue weighted by Crippen LogP contribution is 2.53. The number of hydrogen-bond donors (Lipinski definition) is 1. The van der Waals surface area contributed by atoms with E-state index in [1.807, 2.05) is 52.0 Å². The van der Waals surface area contributed by atoms with Gasteiger partial charge in [0.2, 0.25) is 0 Å². The van der Waals surface area contributed by atoms with Crippen molar-refractivity contribution in [2.24, 2.45) is 0 Å². The van der Waals surface area contributed by atoms with Crippen LogP contribution in [0.2, 0.25) is 0 Å². The molecule has 0 unspecified atom stereocenters. The van der Waals surface area contributed by atoms with Crippen LogP contribution in [0.3, 0.4) is 0 Å². The number of aromatic nitrogens is 3. The molecule has 1 aliphatic carbocycles. The summed E-state index contributed by atoms with van der Waals surface area (Å²) < 4.78 is 5.55. The average Bonchev–Trinajstić information content (AvgIpc) is 3.46. The lowest BCUT2D eigenvalue weighted by Gasteiger charge is -2.33. The molecule has 1 N–H and O–H groups in total. The first kappa shape index (κ1) is 20.1. The van der Waals surface area contributed by atoms with E-state index in [1.165, 1.54) is 4.90 Å². The molecular formula is C23H26N4O3. The Labute approximate surface area is 175 Å². The molecule has 2 heterocycles. The Morgan fingerprint density at radius 3 is 2.57 bits per heavy atom. The minimum atomic E-state index is -1.01. The highest BCUT2D eigenvalue weighted by atomic mass is 16.5. The van der Waals surface area contributed by atoms with E-state index in [-0.39, 0.29) is 11.8 Å². The maximum absolute atomic E-state index is 11.9. The van der Waals surface area contributed by atoms with Gasteiger partial charge in [0.25, 0.3) is 0 Å². The number of amides is 1. The second-order valence-electron chi connectivity index (χ2n) is 8.74. The fourth-order valence-electron chi connectivity index (χ4n) is 3.95. The lowest BCUT2D eigenvalue weighted by Crippen LogP contribution is -2.45. The molecule has 0 aliphatic heterocycles. The van der Waals surface area contributed by atoms with Crippen molar-refractivity contribution in [3.8, 4) is 5.75 Å². The summed E-state index contributed by atoms with van der Waals surface area (Å²) in [5.41, 5.74) is 2.58. The Morgan fingerprint density at radius 1 is 1.17 bits per heavy atom. The topological polar surface area (TPSA) is 88.4 Å². The number of carbonyl (C=O) groups is 1. The summed E-state index contributed by atoms with van der Waals surface area (Å²) in [5, 5.41) is 10.6. The summed E-state index contributed by atoms with van der Waals surface area (Å²) in [6, 6.07) is 9.48. The number of anilines is 1. The fraction of sp³-hybridized carbons (Fsp3) is 0.391. The first-order valence-corrected chi connectivity index (χ1v) is 10.0. The number of ether oxygens (including phenoxy) is 1. The van der Waals surface area contributed by atoms with Crippen molar-refractivity contribution in [3.63, 3.8) is 0 Å². The van der Waals surface area contributed by atoms with Gasteiger partial charge in [0.05, 0.1) is 18.3 Å². The summed E-state index contributed by atoms with van der Waals surface area (Å²) in [5.74, 6) is 2.00. The normalized spacial score (nSPS) is 18.3. The monoisotopic (exact) mass is 406 g/mol. The number of carboxylic acid groups (broad SMARTS) is 1. The lowest BCUT2D eigenvalue weighted by atomic mass is 10.0. The van der Waals surface area contributed by atoms with E-state index >= 15 is 0 Å². The molecule has 7 nitrogen and oxygen atoms in total. The molecule has 156 valence electrons. The zero-order valence-electron chi connectivity index (χ0n) is 17.9. The predicted molar refractivity (Wildman–Crippen MR) is 115 cm³/mol. The van der Waals surface area contributed by atoms with E-state index in [4.69, 9.17) is 9.72 Å². The predicted octanol–water partition coefficient (Wildman–Crippen LogP) is 4.90. The van der Waals surface area contributed by atoms with Crippen LogP contribution in [-0.2, 0) is 0 Å². The van der Waals surface area contributed by atoms with E-state index in [2.05, 4.69) is 9.97 Å². The third-order valence-electron chi connectivity index (χ3n) is 5.43. The molecule has 4 rings (SSSR count). The lowest BCUT2D eigenvalue weighted by molar-refractivity contribution is 0.195. The number of hydrogen-bond acceptors (Lipinski definition) is 5. The molecule has 3 aromatic rings. The van der Waals surface area contributed by atoms with Gasteiger partial charge in [-0.05, 0) is 58.4 Å². The molecular weight excluding hydrogens is 380 g/mol. The molecule has 0 radical (unpaired) electrons. The van der Waals surface area contributed by atoms with Gasteiger partial charge in [-0.2, -0.15) is 0 Å². The van der Waals surface area contributed by atoms with Crippen LogP contribution in [0.25, 0.3) is 10.9 Å². The van der Waals surface area contributed by atoms with E-state index in [1.54, 1.807) is 19.4 Å². The Morgan fingerprint density at radius 2 is 1.93 bits per heavy atom. The molecule has 2 atom stereocenters. The van der Waals surface area contributed by atoms with Crippen molar-refractivity contribution in [2.75, 3.05) is 12.0 Å². The van der Waals surface area contributed by atoms with Crippen LogP contribution in [0, 0.1) is 6.92 Å². The largest absolute Gasteiger partial charge is 0.496 e. The van der Waals surface area contributed by atoms with E-state index in [0.29, 0.717) is 17.0 Å².